The monoisotopic (exact) mass is 405 g/mol. The zero-order valence-corrected chi connectivity index (χ0v) is 16.5. The maximum absolute atomic E-state index is 13.5. The number of benzene rings is 2. The summed E-state index contributed by atoms with van der Waals surface area (Å²) in [7, 11) is 0. The van der Waals surface area contributed by atoms with Gasteiger partial charge in [-0.3, -0.25) is 4.90 Å². The summed E-state index contributed by atoms with van der Waals surface area (Å²) in [6.45, 7) is 4.10. The molecule has 0 aromatic heterocycles. The van der Waals surface area contributed by atoms with Gasteiger partial charge >= 0.3 is 0 Å². The summed E-state index contributed by atoms with van der Waals surface area (Å²) in [5.74, 6) is -0.362. The third kappa shape index (κ3) is 3.72. The van der Waals surface area contributed by atoms with Gasteiger partial charge in [-0.25, -0.2) is 8.78 Å². The number of likely N-dealkylation sites (N-methyl/N-ethyl adjacent to an activating group) is 1. The second-order valence-corrected chi connectivity index (χ2v) is 7.36. The molecular weight excluding hydrogens is 384 g/mol. The van der Waals surface area contributed by atoms with E-state index in [9.17, 15) is 14.0 Å². The van der Waals surface area contributed by atoms with E-state index < -0.39 is 5.92 Å². The second-order valence-electron chi connectivity index (χ2n) is 7.36. The number of rotatable bonds is 3. The van der Waals surface area contributed by atoms with Gasteiger partial charge in [-0.15, -0.1) is 0 Å². The molecule has 2 heterocycles. The van der Waals surface area contributed by atoms with Gasteiger partial charge in [0.2, 0.25) is 5.88 Å². The van der Waals surface area contributed by atoms with Crippen molar-refractivity contribution in [3.63, 3.8) is 0 Å². The van der Waals surface area contributed by atoms with Gasteiger partial charge in [0.05, 0.1) is 5.92 Å². The van der Waals surface area contributed by atoms with Crippen molar-refractivity contribution in [3.8, 4) is 6.07 Å². The molecule has 0 fully saturated rings. The predicted molar refractivity (Wildman–Crippen MR) is 111 cm³/mol. The van der Waals surface area contributed by atoms with E-state index in [4.69, 9.17) is 10.5 Å². The number of nitrogens with zero attached hydrogens (tertiary/aromatic N) is 2. The van der Waals surface area contributed by atoms with Crippen LogP contribution in [0.2, 0.25) is 0 Å². The molecule has 0 saturated heterocycles. The highest BCUT2D eigenvalue weighted by Gasteiger charge is 2.37. The van der Waals surface area contributed by atoms with E-state index in [1.165, 1.54) is 24.3 Å². The lowest BCUT2D eigenvalue weighted by atomic mass is 9.80. The topological polar surface area (TPSA) is 62.3 Å². The lowest BCUT2D eigenvalue weighted by molar-refractivity contribution is 0.239. The molecule has 0 unspecified atom stereocenters. The molecule has 2 aromatic rings. The van der Waals surface area contributed by atoms with Crippen LogP contribution >= 0.6 is 0 Å². The smallest absolute Gasteiger partial charge is 0.205 e. The zero-order chi connectivity index (χ0) is 21.3. The lowest BCUT2D eigenvalue weighted by Crippen LogP contribution is -2.38. The molecule has 6 heteroatoms. The molecule has 0 radical (unpaired) electrons. The van der Waals surface area contributed by atoms with Gasteiger partial charge in [0.15, 0.2) is 0 Å². The van der Waals surface area contributed by atoms with Crippen molar-refractivity contribution < 1.29 is 13.5 Å². The third-order valence-electron chi connectivity index (χ3n) is 5.47. The summed E-state index contributed by atoms with van der Waals surface area (Å²) < 4.78 is 32.8. The molecule has 2 aliphatic heterocycles. The molecule has 0 aliphatic carbocycles. The highest BCUT2D eigenvalue weighted by molar-refractivity contribution is 5.63. The van der Waals surface area contributed by atoms with Crippen LogP contribution in [-0.4, -0.2) is 24.5 Å². The maximum atomic E-state index is 13.5. The van der Waals surface area contributed by atoms with Crippen molar-refractivity contribution in [1.29, 1.82) is 5.26 Å². The Labute approximate surface area is 174 Å². The SMILES string of the molecule is CCN1CC2=C(OC(N)=C(C#N)[C@H]2c2ccc(F)cc2)/C(=C/c2ccc(F)cc2)C1. The van der Waals surface area contributed by atoms with Crippen LogP contribution in [0.3, 0.4) is 0 Å². The number of hydrogen-bond donors (Lipinski definition) is 1. The quantitative estimate of drug-likeness (QED) is 0.820. The van der Waals surface area contributed by atoms with E-state index in [1.54, 1.807) is 24.3 Å². The lowest BCUT2D eigenvalue weighted by Gasteiger charge is -2.38. The van der Waals surface area contributed by atoms with Crippen LogP contribution in [-0.2, 0) is 4.74 Å². The normalized spacial score (nSPS) is 20.7. The number of nitriles is 1. The van der Waals surface area contributed by atoms with Crippen molar-refractivity contribution in [3.05, 3.63) is 99.7 Å². The average Bonchev–Trinajstić information content (AvgIpc) is 2.75. The molecule has 2 aliphatic rings. The Morgan fingerprint density at radius 1 is 1.10 bits per heavy atom. The Kier molecular flexibility index (Phi) is 5.39. The summed E-state index contributed by atoms with van der Waals surface area (Å²) in [6.07, 6.45) is 1.95. The van der Waals surface area contributed by atoms with Gasteiger partial charge in [0.1, 0.15) is 29.0 Å². The molecule has 152 valence electrons. The van der Waals surface area contributed by atoms with Crippen molar-refractivity contribution in [2.24, 2.45) is 5.73 Å². The number of nitrogens with two attached hydrogens (primary N) is 1. The summed E-state index contributed by atoms with van der Waals surface area (Å²) in [5, 5.41) is 9.76. The number of ether oxygens (including phenoxy) is 1. The molecule has 0 spiro atoms. The molecule has 0 saturated carbocycles. The van der Waals surface area contributed by atoms with Crippen molar-refractivity contribution >= 4 is 6.08 Å². The van der Waals surface area contributed by atoms with Gasteiger partial charge in [0, 0.05) is 18.7 Å². The Morgan fingerprint density at radius 2 is 1.73 bits per heavy atom. The summed E-state index contributed by atoms with van der Waals surface area (Å²) in [4.78, 5) is 2.23. The van der Waals surface area contributed by atoms with Crippen molar-refractivity contribution in [1.82, 2.24) is 4.90 Å². The van der Waals surface area contributed by atoms with Crippen LogP contribution in [0.25, 0.3) is 6.08 Å². The fourth-order valence-electron chi connectivity index (χ4n) is 3.96. The average molecular weight is 405 g/mol. The van der Waals surface area contributed by atoms with Gasteiger partial charge in [-0.05, 0) is 53.6 Å². The fraction of sp³-hybridized carbons (Fsp3) is 0.208. The molecule has 4 nitrogen and oxygen atoms in total. The van der Waals surface area contributed by atoms with Gasteiger partial charge < -0.3 is 10.5 Å². The van der Waals surface area contributed by atoms with E-state index in [-0.39, 0.29) is 17.5 Å². The Bertz CT molecular complexity index is 1090. The second kappa shape index (κ2) is 8.13. The van der Waals surface area contributed by atoms with Crippen molar-refractivity contribution in [2.45, 2.75) is 12.8 Å². The summed E-state index contributed by atoms with van der Waals surface area (Å²) in [5.41, 5.74) is 9.89. The van der Waals surface area contributed by atoms with Gasteiger partial charge in [0.25, 0.3) is 0 Å². The first-order valence-corrected chi connectivity index (χ1v) is 9.75. The van der Waals surface area contributed by atoms with E-state index in [0.717, 1.165) is 28.8 Å². The largest absolute Gasteiger partial charge is 0.440 e. The van der Waals surface area contributed by atoms with E-state index >= 15 is 0 Å². The van der Waals surface area contributed by atoms with E-state index in [1.807, 2.05) is 6.08 Å². The maximum Gasteiger partial charge on any atom is 0.205 e. The van der Waals surface area contributed by atoms with Gasteiger partial charge in [-0.1, -0.05) is 31.2 Å². The Balaban J connectivity index is 1.86. The molecule has 0 amide bonds. The van der Waals surface area contributed by atoms with Crippen LogP contribution in [0.1, 0.15) is 24.0 Å². The van der Waals surface area contributed by atoms with Crippen molar-refractivity contribution in [2.75, 3.05) is 19.6 Å². The Hall–Kier alpha value is -3.43. The van der Waals surface area contributed by atoms with Crippen LogP contribution in [0.5, 0.6) is 0 Å². The van der Waals surface area contributed by atoms with Gasteiger partial charge in [-0.2, -0.15) is 5.26 Å². The standard InChI is InChI=1S/C24H21F2N3O/c1-2-29-13-17(11-15-3-7-18(25)8-4-15)23-21(14-29)22(20(12-27)24(28)30-23)16-5-9-19(26)10-6-16/h3-11,22H,2,13-14,28H2,1H3/b17-11+/t22-/m1/s1. The van der Waals surface area contributed by atoms with Crippen LogP contribution < -0.4 is 5.73 Å². The highest BCUT2D eigenvalue weighted by atomic mass is 19.1. The summed E-state index contributed by atoms with van der Waals surface area (Å²) >= 11 is 0. The summed E-state index contributed by atoms with van der Waals surface area (Å²) in [6, 6.07) is 14.5. The number of hydrogen-bond acceptors (Lipinski definition) is 4. The minimum absolute atomic E-state index is 0.0560. The molecular formula is C24H21F2N3O. The first kappa shape index (κ1) is 19.9. The first-order valence-electron chi connectivity index (χ1n) is 9.75. The molecule has 4 rings (SSSR count). The van der Waals surface area contributed by atoms with Crippen LogP contribution in [0.4, 0.5) is 8.78 Å². The van der Waals surface area contributed by atoms with Crippen LogP contribution in [0.15, 0.2) is 76.9 Å². The van der Waals surface area contributed by atoms with E-state index in [0.29, 0.717) is 24.4 Å². The minimum atomic E-state index is -0.412. The Morgan fingerprint density at radius 3 is 2.33 bits per heavy atom. The van der Waals surface area contributed by atoms with E-state index in [2.05, 4.69) is 17.9 Å². The fourth-order valence-corrected chi connectivity index (χ4v) is 3.96. The first-order chi connectivity index (χ1) is 14.5. The number of allylic oxidation sites excluding steroid dienone is 1. The molecule has 2 N–H and O–H groups in total. The third-order valence-corrected chi connectivity index (χ3v) is 5.47. The van der Waals surface area contributed by atoms with Crippen LogP contribution in [0, 0.1) is 23.0 Å². The molecule has 30 heavy (non-hydrogen) atoms. The minimum Gasteiger partial charge on any atom is -0.440 e. The molecule has 2 aromatic carbocycles. The number of halogens is 2. The predicted octanol–water partition coefficient (Wildman–Crippen LogP) is 4.45. The molecule has 1 atom stereocenters. The highest BCUT2D eigenvalue weighted by Crippen LogP contribution is 2.43. The zero-order valence-electron chi connectivity index (χ0n) is 16.5. The molecule has 0 bridgehead atoms.